The molecule has 0 saturated heterocycles. The Morgan fingerprint density at radius 1 is 0.523 bits per heavy atom. The van der Waals surface area contributed by atoms with Crippen LogP contribution in [0.4, 0.5) is 11.4 Å². The first kappa shape index (κ1) is 30.5. The van der Waals surface area contributed by atoms with Crippen LogP contribution in [-0.4, -0.2) is 0 Å². The fraction of sp³-hybridized carbons (Fsp3) is 0.429. The molecule has 0 bridgehead atoms. The van der Waals surface area contributed by atoms with E-state index in [4.69, 9.17) is 11.5 Å². The summed E-state index contributed by atoms with van der Waals surface area (Å²) in [6.07, 6.45) is 18.5. The Bertz CT molecular complexity index is 1350. The van der Waals surface area contributed by atoms with Crippen molar-refractivity contribution < 1.29 is 0 Å². The van der Waals surface area contributed by atoms with Crippen molar-refractivity contribution in [2.45, 2.75) is 102 Å². The molecule has 4 N–H and O–H groups in total. The van der Waals surface area contributed by atoms with Crippen molar-refractivity contribution in [2.75, 3.05) is 11.5 Å². The number of anilines is 2. The molecular formula is C42H52N2. The summed E-state index contributed by atoms with van der Waals surface area (Å²) in [4.78, 5) is 0. The van der Waals surface area contributed by atoms with Gasteiger partial charge in [0, 0.05) is 16.8 Å². The lowest BCUT2D eigenvalue weighted by Gasteiger charge is -2.50. The van der Waals surface area contributed by atoms with E-state index < -0.39 is 0 Å². The van der Waals surface area contributed by atoms with Gasteiger partial charge in [0.1, 0.15) is 0 Å². The average Bonchev–Trinajstić information content (AvgIpc) is 3.06. The fourth-order valence-electron chi connectivity index (χ4n) is 8.34. The summed E-state index contributed by atoms with van der Waals surface area (Å²) < 4.78 is 0. The van der Waals surface area contributed by atoms with Crippen LogP contribution >= 0.6 is 0 Å². The monoisotopic (exact) mass is 584 g/mol. The van der Waals surface area contributed by atoms with Crippen molar-refractivity contribution in [3.8, 4) is 0 Å². The van der Waals surface area contributed by atoms with E-state index in [1.807, 2.05) is 24.3 Å². The average molecular weight is 585 g/mol. The highest BCUT2D eigenvalue weighted by Crippen LogP contribution is 2.56. The van der Waals surface area contributed by atoms with Gasteiger partial charge in [0.25, 0.3) is 0 Å². The highest BCUT2D eigenvalue weighted by atomic mass is 14.5. The smallest absolute Gasteiger partial charge is 0.0314 e. The number of unbranched alkanes of at least 4 members (excludes halogenated alkanes) is 2. The molecule has 0 unspecified atom stereocenters. The van der Waals surface area contributed by atoms with Crippen molar-refractivity contribution in [2.24, 2.45) is 11.3 Å². The van der Waals surface area contributed by atoms with Gasteiger partial charge in [-0.2, -0.15) is 0 Å². The zero-order chi connectivity index (χ0) is 30.4. The molecule has 6 rings (SSSR count). The fourth-order valence-corrected chi connectivity index (χ4v) is 8.34. The second kappa shape index (κ2) is 13.6. The maximum absolute atomic E-state index is 5.92. The van der Waals surface area contributed by atoms with Crippen LogP contribution in [0.3, 0.4) is 0 Å². The normalized spacial score (nSPS) is 17.9. The SMILES string of the molecule is CCCCCC1CCC2(CC1)CCC(c1ccc(Cc3ccc(N)cc3)cc1)(c1ccc(Cc3ccc(N)cc3)cc1)CC2. The lowest BCUT2D eigenvalue weighted by molar-refractivity contribution is 0.0704. The second-order valence-corrected chi connectivity index (χ2v) is 14.3. The molecule has 2 fully saturated rings. The molecule has 0 heterocycles. The molecule has 44 heavy (non-hydrogen) atoms. The van der Waals surface area contributed by atoms with Crippen molar-refractivity contribution in [3.05, 3.63) is 130 Å². The molecule has 0 amide bonds. The molecule has 2 aliphatic carbocycles. The summed E-state index contributed by atoms with van der Waals surface area (Å²) >= 11 is 0. The lowest BCUT2D eigenvalue weighted by atomic mass is 9.54. The molecule has 4 aromatic carbocycles. The van der Waals surface area contributed by atoms with Crippen molar-refractivity contribution in [1.82, 2.24) is 0 Å². The number of hydrogen-bond donors (Lipinski definition) is 2. The number of hydrogen-bond acceptors (Lipinski definition) is 2. The summed E-state index contributed by atoms with van der Waals surface area (Å²) in [5.41, 5.74) is 22.5. The van der Waals surface area contributed by atoms with Gasteiger partial charge >= 0.3 is 0 Å². The summed E-state index contributed by atoms with van der Waals surface area (Å²) in [6.45, 7) is 2.32. The Kier molecular flexibility index (Phi) is 9.45. The largest absolute Gasteiger partial charge is 0.399 e. The lowest BCUT2D eigenvalue weighted by Crippen LogP contribution is -2.40. The maximum atomic E-state index is 5.92. The Morgan fingerprint density at radius 3 is 1.34 bits per heavy atom. The Hall–Kier alpha value is -3.52. The highest BCUT2D eigenvalue weighted by molar-refractivity contribution is 5.45. The molecule has 2 nitrogen and oxygen atoms in total. The van der Waals surface area contributed by atoms with E-state index in [1.54, 1.807) is 0 Å². The van der Waals surface area contributed by atoms with Crippen molar-refractivity contribution in [1.29, 1.82) is 0 Å². The third-order valence-electron chi connectivity index (χ3n) is 11.3. The summed E-state index contributed by atoms with van der Waals surface area (Å²) in [6, 6.07) is 35.9. The van der Waals surface area contributed by atoms with Gasteiger partial charge in [-0.15, -0.1) is 0 Å². The second-order valence-electron chi connectivity index (χ2n) is 14.3. The number of benzene rings is 4. The Balaban J connectivity index is 1.21. The van der Waals surface area contributed by atoms with Crippen molar-refractivity contribution >= 4 is 11.4 Å². The molecule has 0 aliphatic heterocycles. The van der Waals surface area contributed by atoms with Gasteiger partial charge in [-0.25, -0.2) is 0 Å². The molecule has 2 heteroatoms. The molecule has 2 saturated carbocycles. The molecule has 4 aromatic rings. The van der Waals surface area contributed by atoms with Crippen LogP contribution in [0, 0.1) is 11.3 Å². The molecule has 230 valence electrons. The summed E-state index contributed by atoms with van der Waals surface area (Å²) in [5.74, 6) is 0.973. The Morgan fingerprint density at radius 2 is 0.932 bits per heavy atom. The van der Waals surface area contributed by atoms with E-state index in [-0.39, 0.29) is 5.41 Å². The van der Waals surface area contributed by atoms with Gasteiger partial charge < -0.3 is 11.5 Å². The summed E-state index contributed by atoms with van der Waals surface area (Å²) in [5, 5.41) is 0. The van der Waals surface area contributed by atoms with Crippen molar-refractivity contribution in [3.63, 3.8) is 0 Å². The van der Waals surface area contributed by atoms with Gasteiger partial charge in [-0.05, 0) is 133 Å². The third kappa shape index (κ3) is 7.06. The van der Waals surface area contributed by atoms with E-state index in [1.165, 1.54) is 110 Å². The van der Waals surface area contributed by atoms with E-state index in [0.29, 0.717) is 5.41 Å². The minimum atomic E-state index is 0.0860. The molecule has 0 aromatic heterocycles. The van der Waals surface area contributed by atoms with E-state index in [9.17, 15) is 0 Å². The Labute approximate surface area is 266 Å². The first-order valence-electron chi connectivity index (χ1n) is 17.3. The first-order valence-corrected chi connectivity index (χ1v) is 17.3. The van der Waals surface area contributed by atoms with Gasteiger partial charge in [-0.1, -0.05) is 105 Å². The van der Waals surface area contributed by atoms with Crippen LogP contribution in [-0.2, 0) is 18.3 Å². The topological polar surface area (TPSA) is 52.0 Å². The van der Waals surface area contributed by atoms with Crippen LogP contribution < -0.4 is 11.5 Å². The standard InChI is InChI=1S/C42H52N2/c1-2-3-4-5-32-22-24-41(25-23-32)26-28-42(29-27-41,37-14-6-33(7-15-37)30-35-10-18-39(43)19-11-35)38-16-8-34(9-17-38)31-36-12-20-40(44)21-13-36/h6-21,32H,2-5,22-31,43-44H2,1H3. The van der Waals surface area contributed by atoms with E-state index in [2.05, 4.69) is 79.7 Å². The van der Waals surface area contributed by atoms with Gasteiger partial charge in [0.15, 0.2) is 0 Å². The van der Waals surface area contributed by atoms with Crippen LogP contribution in [0.1, 0.15) is 117 Å². The predicted octanol–water partition coefficient (Wildman–Crippen LogP) is 10.6. The molecule has 1 spiro atoms. The zero-order valence-electron chi connectivity index (χ0n) is 26.9. The van der Waals surface area contributed by atoms with Gasteiger partial charge in [-0.3, -0.25) is 0 Å². The predicted molar refractivity (Wildman–Crippen MR) is 188 cm³/mol. The van der Waals surface area contributed by atoms with Gasteiger partial charge in [0.2, 0.25) is 0 Å². The van der Waals surface area contributed by atoms with Crippen LogP contribution in [0.5, 0.6) is 0 Å². The number of rotatable bonds is 10. The van der Waals surface area contributed by atoms with E-state index in [0.717, 1.165) is 30.1 Å². The first-order chi connectivity index (χ1) is 21.5. The van der Waals surface area contributed by atoms with Crippen LogP contribution in [0.2, 0.25) is 0 Å². The molecular weight excluding hydrogens is 532 g/mol. The quantitative estimate of drug-likeness (QED) is 0.144. The summed E-state index contributed by atoms with van der Waals surface area (Å²) in [7, 11) is 0. The van der Waals surface area contributed by atoms with Crippen LogP contribution in [0.15, 0.2) is 97.1 Å². The van der Waals surface area contributed by atoms with E-state index >= 15 is 0 Å². The molecule has 0 atom stereocenters. The third-order valence-corrected chi connectivity index (χ3v) is 11.3. The van der Waals surface area contributed by atoms with Gasteiger partial charge in [0.05, 0.1) is 0 Å². The zero-order valence-corrected chi connectivity index (χ0v) is 26.9. The highest BCUT2D eigenvalue weighted by Gasteiger charge is 2.45. The number of nitrogens with two attached hydrogens (primary N) is 2. The minimum absolute atomic E-state index is 0.0860. The number of nitrogen functional groups attached to an aromatic ring is 2. The minimum Gasteiger partial charge on any atom is -0.399 e. The maximum Gasteiger partial charge on any atom is 0.0314 e. The molecule has 2 aliphatic rings. The molecule has 0 radical (unpaired) electrons. The van der Waals surface area contributed by atoms with Crippen LogP contribution in [0.25, 0.3) is 0 Å².